The Morgan fingerprint density at radius 1 is 1.19 bits per heavy atom. The van der Waals surface area contributed by atoms with E-state index in [9.17, 15) is 9.59 Å². The SMILES string of the molecule is CN(Cc1ccc(C(=O)O)o1)C(=O)OCc1ccccc1. The summed E-state index contributed by atoms with van der Waals surface area (Å²) in [6.45, 7) is 0.323. The third-order valence-corrected chi connectivity index (χ3v) is 2.78. The lowest BCUT2D eigenvalue weighted by Gasteiger charge is -2.15. The van der Waals surface area contributed by atoms with E-state index in [0.29, 0.717) is 5.76 Å². The highest BCUT2D eigenvalue weighted by Crippen LogP contribution is 2.11. The van der Waals surface area contributed by atoms with Crippen molar-refractivity contribution in [2.75, 3.05) is 7.05 Å². The quantitative estimate of drug-likeness (QED) is 0.915. The highest BCUT2D eigenvalue weighted by Gasteiger charge is 2.14. The molecule has 0 aliphatic rings. The van der Waals surface area contributed by atoms with Gasteiger partial charge in [0.05, 0.1) is 6.54 Å². The van der Waals surface area contributed by atoms with E-state index < -0.39 is 12.1 Å². The summed E-state index contributed by atoms with van der Waals surface area (Å²) in [6.07, 6.45) is -0.507. The molecular formula is C15H15NO5. The largest absolute Gasteiger partial charge is 0.475 e. The maximum absolute atomic E-state index is 11.8. The highest BCUT2D eigenvalue weighted by atomic mass is 16.6. The second-order valence-electron chi connectivity index (χ2n) is 4.47. The first-order valence-corrected chi connectivity index (χ1v) is 6.30. The standard InChI is InChI=1S/C15H15NO5/c1-16(9-12-7-8-13(21-12)14(17)18)15(19)20-10-11-5-3-2-4-6-11/h2-8H,9-10H2,1H3,(H,17,18). The summed E-state index contributed by atoms with van der Waals surface area (Å²) < 4.78 is 10.2. The van der Waals surface area contributed by atoms with Crippen LogP contribution < -0.4 is 0 Å². The van der Waals surface area contributed by atoms with Crippen LogP contribution in [0, 0.1) is 0 Å². The van der Waals surface area contributed by atoms with Crippen molar-refractivity contribution in [1.29, 1.82) is 0 Å². The number of carboxylic acid groups (broad SMARTS) is 1. The first-order valence-electron chi connectivity index (χ1n) is 6.30. The molecule has 2 aromatic rings. The predicted molar refractivity (Wildman–Crippen MR) is 73.8 cm³/mol. The molecule has 1 aromatic heterocycles. The predicted octanol–water partition coefficient (Wildman–Crippen LogP) is 2.75. The van der Waals surface area contributed by atoms with Gasteiger partial charge in [0.25, 0.3) is 0 Å². The van der Waals surface area contributed by atoms with E-state index in [0.717, 1.165) is 5.56 Å². The summed E-state index contributed by atoms with van der Waals surface area (Å²) in [5.74, 6) is -0.918. The van der Waals surface area contributed by atoms with Crippen molar-refractivity contribution in [3.63, 3.8) is 0 Å². The number of carbonyl (C=O) groups excluding carboxylic acids is 1. The Labute approximate surface area is 121 Å². The maximum Gasteiger partial charge on any atom is 0.410 e. The van der Waals surface area contributed by atoms with E-state index in [-0.39, 0.29) is 18.9 Å². The topological polar surface area (TPSA) is 80.0 Å². The van der Waals surface area contributed by atoms with E-state index in [1.165, 1.54) is 17.0 Å². The number of rotatable bonds is 5. The molecular weight excluding hydrogens is 274 g/mol. The van der Waals surface area contributed by atoms with Gasteiger partial charge in [0, 0.05) is 7.05 Å². The lowest BCUT2D eigenvalue weighted by molar-refractivity contribution is 0.0658. The van der Waals surface area contributed by atoms with Crippen molar-refractivity contribution in [2.45, 2.75) is 13.2 Å². The molecule has 1 amide bonds. The van der Waals surface area contributed by atoms with E-state index in [2.05, 4.69) is 0 Å². The molecule has 0 spiro atoms. The molecule has 0 fully saturated rings. The van der Waals surface area contributed by atoms with Crippen LogP contribution in [0.4, 0.5) is 4.79 Å². The zero-order chi connectivity index (χ0) is 15.2. The van der Waals surface area contributed by atoms with Crippen LogP contribution in [-0.2, 0) is 17.9 Å². The molecule has 0 saturated carbocycles. The molecule has 0 aliphatic heterocycles. The van der Waals surface area contributed by atoms with Crippen LogP contribution in [0.1, 0.15) is 21.9 Å². The van der Waals surface area contributed by atoms with Crippen LogP contribution in [-0.4, -0.2) is 29.1 Å². The first-order chi connectivity index (χ1) is 10.1. The molecule has 0 aliphatic carbocycles. The number of amides is 1. The van der Waals surface area contributed by atoms with Crippen molar-refractivity contribution in [1.82, 2.24) is 4.90 Å². The Balaban J connectivity index is 1.85. The van der Waals surface area contributed by atoms with Gasteiger partial charge < -0.3 is 19.2 Å². The molecule has 110 valence electrons. The van der Waals surface area contributed by atoms with Crippen LogP contribution in [0.2, 0.25) is 0 Å². The molecule has 0 atom stereocenters. The van der Waals surface area contributed by atoms with Crippen molar-refractivity contribution in [3.8, 4) is 0 Å². The van der Waals surface area contributed by atoms with Crippen molar-refractivity contribution >= 4 is 12.1 Å². The molecule has 0 bridgehead atoms. The summed E-state index contributed by atoms with van der Waals surface area (Å²) in [5, 5.41) is 8.75. The number of furan rings is 1. The number of nitrogens with zero attached hydrogens (tertiary/aromatic N) is 1. The molecule has 6 heteroatoms. The lowest BCUT2D eigenvalue weighted by atomic mass is 10.2. The van der Waals surface area contributed by atoms with E-state index in [1.54, 1.807) is 7.05 Å². The Morgan fingerprint density at radius 3 is 2.52 bits per heavy atom. The fourth-order valence-electron chi connectivity index (χ4n) is 1.71. The molecule has 21 heavy (non-hydrogen) atoms. The average molecular weight is 289 g/mol. The molecule has 2 rings (SSSR count). The number of benzene rings is 1. The Hall–Kier alpha value is -2.76. The number of hydrogen-bond acceptors (Lipinski definition) is 4. The number of aromatic carboxylic acids is 1. The molecule has 0 radical (unpaired) electrons. The minimum Gasteiger partial charge on any atom is -0.475 e. The summed E-state index contributed by atoms with van der Waals surface area (Å²) >= 11 is 0. The zero-order valence-corrected chi connectivity index (χ0v) is 11.5. The van der Waals surface area contributed by atoms with Gasteiger partial charge in [-0.05, 0) is 17.7 Å². The van der Waals surface area contributed by atoms with Crippen LogP contribution in [0.3, 0.4) is 0 Å². The van der Waals surface area contributed by atoms with E-state index >= 15 is 0 Å². The molecule has 1 heterocycles. The molecule has 0 saturated heterocycles. The normalized spacial score (nSPS) is 10.1. The smallest absolute Gasteiger partial charge is 0.410 e. The molecule has 1 aromatic carbocycles. The molecule has 0 unspecified atom stereocenters. The van der Waals surface area contributed by atoms with Gasteiger partial charge in [0.1, 0.15) is 12.4 Å². The van der Waals surface area contributed by atoms with Crippen LogP contribution in [0.25, 0.3) is 0 Å². The summed E-state index contributed by atoms with van der Waals surface area (Å²) in [5.41, 5.74) is 0.894. The van der Waals surface area contributed by atoms with Gasteiger partial charge in [0.15, 0.2) is 0 Å². The summed E-state index contributed by atoms with van der Waals surface area (Å²) in [7, 11) is 1.55. The second kappa shape index (κ2) is 6.60. The van der Waals surface area contributed by atoms with Gasteiger partial charge in [-0.2, -0.15) is 0 Å². The third-order valence-electron chi connectivity index (χ3n) is 2.78. The monoisotopic (exact) mass is 289 g/mol. The first kappa shape index (κ1) is 14.6. The van der Waals surface area contributed by atoms with Crippen molar-refractivity contribution in [2.24, 2.45) is 0 Å². The number of ether oxygens (including phenoxy) is 1. The lowest BCUT2D eigenvalue weighted by Crippen LogP contribution is -2.26. The summed E-state index contributed by atoms with van der Waals surface area (Å²) in [6, 6.07) is 12.2. The van der Waals surface area contributed by atoms with Gasteiger partial charge in [-0.3, -0.25) is 0 Å². The third kappa shape index (κ3) is 4.10. The number of carboxylic acids is 1. The van der Waals surface area contributed by atoms with Crippen LogP contribution >= 0.6 is 0 Å². The molecule has 1 N–H and O–H groups in total. The van der Waals surface area contributed by atoms with E-state index in [4.69, 9.17) is 14.3 Å². The van der Waals surface area contributed by atoms with E-state index in [1.807, 2.05) is 30.3 Å². The van der Waals surface area contributed by atoms with Crippen molar-refractivity contribution in [3.05, 3.63) is 59.5 Å². The number of hydrogen-bond donors (Lipinski definition) is 1. The zero-order valence-electron chi connectivity index (χ0n) is 11.5. The highest BCUT2D eigenvalue weighted by molar-refractivity contribution is 5.84. The van der Waals surface area contributed by atoms with Crippen LogP contribution in [0.15, 0.2) is 46.9 Å². The fraction of sp³-hybridized carbons (Fsp3) is 0.200. The Bertz CT molecular complexity index is 620. The Kier molecular flexibility index (Phi) is 4.61. The number of carbonyl (C=O) groups is 2. The van der Waals surface area contributed by atoms with Gasteiger partial charge >= 0.3 is 12.1 Å². The Morgan fingerprint density at radius 2 is 1.90 bits per heavy atom. The van der Waals surface area contributed by atoms with Crippen molar-refractivity contribution < 1.29 is 23.8 Å². The minimum absolute atomic E-state index is 0.140. The maximum atomic E-state index is 11.8. The average Bonchev–Trinajstić information content (AvgIpc) is 2.94. The fourth-order valence-corrected chi connectivity index (χ4v) is 1.71. The summed E-state index contributed by atoms with van der Waals surface area (Å²) in [4.78, 5) is 23.8. The van der Waals surface area contributed by atoms with Gasteiger partial charge in [-0.15, -0.1) is 0 Å². The van der Waals surface area contributed by atoms with Gasteiger partial charge in [-0.25, -0.2) is 9.59 Å². The van der Waals surface area contributed by atoms with Crippen LogP contribution in [0.5, 0.6) is 0 Å². The van der Waals surface area contributed by atoms with Gasteiger partial charge in [-0.1, -0.05) is 30.3 Å². The van der Waals surface area contributed by atoms with Gasteiger partial charge in [0.2, 0.25) is 5.76 Å². The second-order valence-corrected chi connectivity index (χ2v) is 4.47. The molecule has 6 nitrogen and oxygen atoms in total. The minimum atomic E-state index is -1.14.